The Morgan fingerprint density at radius 2 is 1.89 bits per heavy atom. The first-order valence-corrected chi connectivity index (χ1v) is 12.2. The van der Waals surface area contributed by atoms with Crippen molar-refractivity contribution >= 4 is 29.2 Å². The van der Waals surface area contributed by atoms with Crippen molar-refractivity contribution in [1.29, 1.82) is 0 Å². The number of carbonyl (C=O) groups excluding carboxylic acids is 2. The van der Waals surface area contributed by atoms with E-state index in [0.717, 1.165) is 50.3 Å². The molecule has 0 bridgehead atoms. The Kier molecular flexibility index (Phi) is 5.71. The Bertz CT molecular complexity index is 1360. The van der Waals surface area contributed by atoms with Crippen molar-refractivity contribution in [2.45, 2.75) is 19.4 Å². The maximum Gasteiger partial charge on any atom is 0.305 e. The minimum Gasteiger partial charge on any atom is -0.493 e. The summed E-state index contributed by atoms with van der Waals surface area (Å²) in [4.78, 5) is 38.2. The fourth-order valence-corrected chi connectivity index (χ4v) is 5.28. The van der Waals surface area contributed by atoms with Gasteiger partial charge >= 0.3 is 6.01 Å². The van der Waals surface area contributed by atoms with Crippen LogP contribution < -0.4 is 29.9 Å². The van der Waals surface area contributed by atoms with Crippen LogP contribution in [0.1, 0.15) is 39.3 Å². The Labute approximate surface area is 213 Å². The monoisotopic (exact) mass is 504 g/mol. The number of carbonyl (C=O) groups is 2. The number of hydrogen-bond donors (Lipinski definition) is 2. The number of hydrogen-bond acceptors (Lipinski definition) is 9. The van der Waals surface area contributed by atoms with E-state index in [1.807, 2.05) is 6.07 Å². The normalized spacial score (nSPS) is 17.9. The zero-order valence-electron chi connectivity index (χ0n) is 20.7. The Hall–Kier alpha value is -4.12. The molecule has 5 heterocycles. The minimum atomic E-state index is -0.461. The van der Waals surface area contributed by atoms with E-state index >= 15 is 0 Å². The van der Waals surface area contributed by atoms with Gasteiger partial charge in [-0.05, 0) is 42.0 Å². The summed E-state index contributed by atoms with van der Waals surface area (Å²) in [6.45, 7) is 4.26. The van der Waals surface area contributed by atoms with Gasteiger partial charge in [0.05, 0.1) is 44.5 Å². The predicted octanol–water partition coefficient (Wildman–Crippen LogP) is 2.69. The fraction of sp³-hybridized carbons (Fsp3) is 0.385. The summed E-state index contributed by atoms with van der Waals surface area (Å²) < 4.78 is 16.4. The summed E-state index contributed by atoms with van der Waals surface area (Å²) in [5.74, 6) is 0.246. The molecular weight excluding hydrogens is 476 g/mol. The van der Waals surface area contributed by atoms with Crippen LogP contribution in [0.2, 0.25) is 0 Å². The number of methoxy groups -OCH3 is 2. The fourth-order valence-electron chi connectivity index (χ4n) is 5.28. The molecular formula is C26H28N6O5. The third kappa shape index (κ3) is 4.05. The highest BCUT2D eigenvalue weighted by Gasteiger charge is 2.40. The van der Waals surface area contributed by atoms with E-state index < -0.39 is 5.91 Å². The van der Waals surface area contributed by atoms with Crippen LogP contribution in [0.5, 0.6) is 11.5 Å². The third-order valence-corrected chi connectivity index (χ3v) is 7.57. The van der Waals surface area contributed by atoms with E-state index in [2.05, 4.69) is 25.5 Å². The maximum absolute atomic E-state index is 13.1. The van der Waals surface area contributed by atoms with Crippen LogP contribution in [0.25, 0.3) is 0 Å². The van der Waals surface area contributed by atoms with Crippen LogP contribution >= 0.6 is 0 Å². The molecule has 1 spiro atoms. The Morgan fingerprint density at radius 1 is 1.14 bits per heavy atom. The van der Waals surface area contributed by atoms with Gasteiger partial charge in [-0.15, -0.1) is 0 Å². The van der Waals surface area contributed by atoms with E-state index in [1.165, 1.54) is 18.2 Å². The van der Waals surface area contributed by atoms with Gasteiger partial charge < -0.3 is 29.4 Å². The first kappa shape index (κ1) is 23.3. The average molecular weight is 505 g/mol. The first-order chi connectivity index (χ1) is 18.0. The van der Waals surface area contributed by atoms with Crippen LogP contribution in [0.3, 0.4) is 0 Å². The van der Waals surface area contributed by atoms with Gasteiger partial charge in [0.25, 0.3) is 11.8 Å². The van der Waals surface area contributed by atoms with E-state index in [-0.39, 0.29) is 24.2 Å². The number of fused-ring (bicyclic) bond motifs is 1. The van der Waals surface area contributed by atoms with Gasteiger partial charge in [0, 0.05) is 37.9 Å². The summed E-state index contributed by atoms with van der Waals surface area (Å²) in [6, 6.07) is 5.37. The standard InChI is InChI=1S/C26H28N6O5/c1-35-20-9-16-13-32(24(34)17(16)10-21(20)36-2)25-29-12-22(37-25)23(33)30-18-11-27-6-3-19(18)31-7-4-26(5-8-31)14-28-15-26/h3,6,9-12,28H,4-5,7-8,13-15H2,1-2H3,(H,30,33). The number of anilines is 3. The molecule has 2 fully saturated rings. The molecule has 11 nitrogen and oxygen atoms in total. The second kappa shape index (κ2) is 9.07. The molecule has 3 aromatic rings. The van der Waals surface area contributed by atoms with Gasteiger partial charge in [0.15, 0.2) is 11.5 Å². The molecule has 0 aliphatic carbocycles. The molecule has 11 heteroatoms. The number of aromatic nitrogens is 2. The van der Waals surface area contributed by atoms with Gasteiger partial charge in [-0.2, -0.15) is 0 Å². The lowest BCUT2D eigenvalue weighted by atomic mass is 9.73. The van der Waals surface area contributed by atoms with Crippen molar-refractivity contribution in [2.75, 3.05) is 55.5 Å². The molecule has 3 aliphatic heterocycles. The van der Waals surface area contributed by atoms with Gasteiger partial charge in [0.1, 0.15) is 0 Å². The molecule has 2 amide bonds. The summed E-state index contributed by atoms with van der Waals surface area (Å²) in [5.41, 5.74) is 3.19. The lowest BCUT2D eigenvalue weighted by Gasteiger charge is -2.49. The number of pyridine rings is 1. The van der Waals surface area contributed by atoms with E-state index in [4.69, 9.17) is 13.9 Å². The second-order valence-corrected chi connectivity index (χ2v) is 9.70. The molecule has 0 unspecified atom stereocenters. The van der Waals surface area contributed by atoms with Crippen LogP contribution in [0.4, 0.5) is 17.4 Å². The molecule has 0 atom stereocenters. The van der Waals surface area contributed by atoms with Crippen molar-refractivity contribution in [3.8, 4) is 11.5 Å². The largest absolute Gasteiger partial charge is 0.493 e. The molecule has 192 valence electrons. The summed E-state index contributed by atoms with van der Waals surface area (Å²) in [6.07, 6.45) is 6.93. The summed E-state index contributed by atoms with van der Waals surface area (Å²) in [7, 11) is 3.06. The number of rotatable bonds is 6. The van der Waals surface area contributed by atoms with Gasteiger partial charge in [-0.1, -0.05) is 0 Å². The average Bonchev–Trinajstić information content (AvgIpc) is 3.52. The molecule has 2 aromatic heterocycles. The van der Waals surface area contributed by atoms with Crippen molar-refractivity contribution < 1.29 is 23.5 Å². The summed E-state index contributed by atoms with van der Waals surface area (Å²) in [5, 5.41) is 6.29. The zero-order chi connectivity index (χ0) is 25.6. The van der Waals surface area contributed by atoms with Crippen molar-refractivity contribution in [2.24, 2.45) is 5.41 Å². The quantitative estimate of drug-likeness (QED) is 0.522. The van der Waals surface area contributed by atoms with E-state index in [1.54, 1.807) is 31.6 Å². The third-order valence-electron chi connectivity index (χ3n) is 7.57. The molecule has 37 heavy (non-hydrogen) atoms. The number of amides is 2. The lowest BCUT2D eigenvalue weighted by molar-refractivity contribution is 0.0974. The van der Waals surface area contributed by atoms with Crippen LogP contribution in [0.15, 0.2) is 41.2 Å². The Morgan fingerprint density at radius 3 is 2.59 bits per heavy atom. The minimum absolute atomic E-state index is 0.00172. The molecule has 1 aromatic carbocycles. The Balaban J connectivity index is 1.17. The van der Waals surface area contributed by atoms with Gasteiger partial charge in [-0.25, -0.2) is 4.98 Å². The lowest BCUT2D eigenvalue weighted by Crippen LogP contribution is -2.58. The van der Waals surface area contributed by atoms with Crippen LogP contribution in [0, 0.1) is 5.41 Å². The highest BCUT2D eigenvalue weighted by Crippen LogP contribution is 2.39. The van der Waals surface area contributed by atoms with Crippen molar-refractivity contribution in [3.05, 3.63) is 53.7 Å². The van der Waals surface area contributed by atoms with E-state index in [9.17, 15) is 9.59 Å². The number of nitrogens with zero attached hydrogens (tertiary/aromatic N) is 4. The smallest absolute Gasteiger partial charge is 0.305 e. The highest BCUT2D eigenvalue weighted by molar-refractivity contribution is 6.10. The second-order valence-electron chi connectivity index (χ2n) is 9.70. The molecule has 6 rings (SSSR count). The SMILES string of the molecule is COc1cc2c(cc1OC)C(=O)N(c1ncc(C(=O)Nc3cnccc3N3CCC4(CC3)CNC4)o1)C2. The van der Waals surface area contributed by atoms with Crippen molar-refractivity contribution in [1.82, 2.24) is 15.3 Å². The van der Waals surface area contributed by atoms with Crippen molar-refractivity contribution in [3.63, 3.8) is 0 Å². The molecule has 0 saturated carbocycles. The number of benzene rings is 1. The van der Waals surface area contributed by atoms with Gasteiger partial charge in [0.2, 0.25) is 5.76 Å². The topological polar surface area (TPSA) is 122 Å². The molecule has 2 N–H and O–H groups in total. The number of nitrogens with one attached hydrogen (secondary N) is 2. The zero-order valence-corrected chi connectivity index (χ0v) is 20.7. The highest BCUT2D eigenvalue weighted by atomic mass is 16.5. The van der Waals surface area contributed by atoms with Gasteiger partial charge in [-0.3, -0.25) is 19.5 Å². The number of oxazole rings is 1. The maximum atomic E-state index is 13.1. The molecule has 3 aliphatic rings. The number of piperidine rings is 1. The number of ether oxygens (including phenoxy) is 2. The summed E-state index contributed by atoms with van der Waals surface area (Å²) >= 11 is 0. The van der Waals surface area contributed by atoms with E-state index in [0.29, 0.717) is 28.2 Å². The predicted molar refractivity (Wildman–Crippen MR) is 136 cm³/mol. The molecule has 0 radical (unpaired) electrons. The first-order valence-electron chi connectivity index (χ1n) is 12.2. The van der Waals surface area contributed by atoms with Crippen LogP contribution in [-0.4, -0.2) is 62.2 Å². The van der Waals surface area contributed by atoms with Crippen LogP contribution in [-0.2, 0) is 6.54 Å². The molecule has 2 saturated heterocycles.